The normalized spacial score (nSPS) is 15.5. The fraction of sp³-hybridized carbons (Fsp3) is 0.296. The Morgan fingerprint density at radius 3 is 2.50 bits per heavy atom. The molecule has 1 atom stereocenters. The molecule has 9 heteroatoms. The predicted octanol–water partition coefficient (Wildman–Crippen LogP) is 4.00. The fourth-order valence-corrected chi connectivity index (χ4v) is 5.50. The summed E-state index contributed by atoms with van der Waals surface area (Å²) in [5.41, 5.74) is 2.65. The average molecular weight is 526 g/mol. The molecule has 0 saturated carbocycles. The molecule has 0 saturated heterocycles. The van der Waals surface area contributed by atoms with Crippen molar-refractivity contribution in [3.8, 4) is 5.75 Å². The van der Waals surface area contributed by atoms with Gasteiger partial charge in [0.2, 0.25) is 0 Å². The van der Waals surface area contributed by atoms with Crippen LogP contribution in [0.1, 0.15) is 44.9 Å². The van der Waals surface area contributed by atoms with Gasteiger partial charge in [-0.15, -0.1) is 0 Å². The number of fused-ring (bicyclic) bond motifs is 1. The highest BCUT2D eigenvalue weighted by molar-refractivity contribution is 7.07. The lowest BCUT2D eigenvalue weighted by molar-refractivity contribution is -0.139. The van der Waals surface area contributed by atoms with E-state index in [2.05, 4.69) is 23.7 Å². The lowest BCUT2D eigenvalue weighted by Gasteiger charge is -2.24. The highest BCUT2D eigenvalue weighted by Crippen LogP contribution is 2.31. The van der Waals surface area contributed by atoms with E-state index in [9.17, 15) is 14.7 Å². The number of halogens is 1. The summed E-state index contributed by atoms with van der Waals surface area (Å²) in [6, 6.07) is 11.7. The van der Waals surface area contributed by atoms with Gasteiger partial charge in [0.1, 0.15) is 5.75 Å². The van der Waals surface area contributed by atoms with Crippen molar-refractivity contribution < 1.29 is 14.6 Å². The third-order valence-corrected chi connectivity index (χ3v) is 7.37. The number of thiazole rings is 1. The topological polar surface area (TPSA) is 84.1 Å². The molecular weight excluding hydrogens is 498 g/mol. The zero-order valence-corrected chi connectivity index (χ0v) is 22.2. The van der Waals surface area contributed by atoms with Crippen LogP contribution in [0.2, 0.25) is 5.02 Å². The maximum Gasteiger partial charge on any atom is 0.338 e. The van der Waals surface area contributed by atoms with Crippen molar-refractivity contribution in [2.45, 2.75) is 33.7 Å². The molecule has 188 valence electrons. The molecule has 2 aromatic carbocycles. The van der Waals surface area contributed by atoms with Gasteiger partial charge in [0.25, 0.3) is 5.56 Å². The summed E-state index contributed by atoms with van der Waals surface area (Å²) in [5, 5.41) is 11.2. The lowest BCUT2D eigenvalue weighted by atomic mass is 9.96. The molecule has 0 spiro atoms. The van der Waals surface area contributed by atoms with Crippen molar-refractivity contribution in [2.24, 2.45) is 4.99 Å². The predicted molar refractivity (Wildman–Crippen MR) is 144 cm³/mol. The van der Waals surface area contributed by atoms with E-state index in [1.54, 1.807) is 56.3 Å². The van der Waals surface area contributed by atoms with Crippen LogP contribution in [0.4, 0.5) is 5.69 Å². The van der Waals surface area contributed by atoms with Crippen molar-refractivity contribution >= 4 is 40.7 Å². The van der Waals surface area contributed by atoms with E-state index < -0.39 is 12.0 Å². The number of esters is 1. The average Bonchev–Trinajstić information content (AvgIpc) is 3.15. The van der Waals surface area contributed by atoms with E-state index in [4.69, 9.17) is 16.3 Å². The first kappa shape index (κ1) is 25.7. The standard InChI is InChI=1S/C27H28ClN3O4S/c1-5-30(6-2)20-13-10-18(21(32)15-20)14-22-25(33)31-24(17-8-11-19(28)12-9-17)23(26(34)35-7-3)16(4)29-27(31)36-22/h8-15,24,32H,5-7H2,1-4H3/b22-14-/t24-/m0/s1. The van der Waals surface area contributed by atoms with Crippen LogP contribution < -0.4 is 19.8 Å². The molecule has 2 heterocycles. The Kier molecular flexibility index (Phi) is 7.66. The van der Waals surface area contributed by atoms with Crippen LogP contribution in [0.25, 0.3) is 6.08 Å². The largest absolute Gasteiger partial charge is 0.507 e. The Labute approximate surface area is 218 Å². The molecule has 0 bridgehead atoms. The number of nitrogens with zero attached hydrogens (tertiary/aromatic N) is 3. The summed E-state index contributed by atoms with van der Waals surface area (Å²) in [7, 11) is 0. The van der Waals surface area contributed by atoms with Gasteiger partial charge in [-0.05, 0) is 63.6 Å². The maximum atomic E-state index is 13.7. The van der Waals surface area contributed by atoms with Crippen LogP contribution in [-0.2, 0) is 9.53 Å². The second-order valence-electron chi connectivity index (χ2n) is 8.27. The first-order chi connectivity index (χ1) is 17.3. The number of phenols is 1. The summed E-state index contributed by atoms with van der Waals surface area (Å²) in [4.78, 5) is 33.8. The number of hydrogen-bond donors (Lipinski definition) is 1. The Balaban J connectivity index is 1.88. The summed E-state index contributed by atoms with van der Waals surface area (Å²) in [6.45, 7) is 9.43. The Morgan fingerprint density at radius 2 is 1.89 bits per heavy atom. The van der Waals surface area contributed by atoms with Crippen molar-refractivity contribution in [3.05, 3.63) is 89.6 Å². The Bertz CT molecular complexity index is 1500. The number of carbonyl (C=O) groups is 1. The van der Waals surface area contributed by atoms with Crippen LogP contribution in [0, 0.1) is 0 Å². The minimum atomic E-state index is -0.710. The smallest absolute Gasteiger partial charge is 0.338 e. The zero-order chi connectivity index (χ0) is 26.0. The number of ether oxygens (including phenoxy) is 1. The minimum Gasteiger partial charge on any atom is -0.507 e. The minimum absolute atomic E-state index is 0.0860. The summed E-state index contributed by atoms with van der Waals surface area (Å²) in [5.74, 6) is -0.430. The number of anilines is 1. The highest BCUT2D eigenvalue weighted by atomic mass is 35.5. The molecule has 1 aliphatic rings. The summed E-state index contributed by atoms with van der Waals surface area (Å²) in [6.07, 6.45) is 1.66. The van der Waals surface area contributed by atoms with Crippen molar-refractivity contribution in [1.82, 2.24) is 4.57 Å². The molecule has 0 aliphatic carbocycles. The number of benzene rings is 2. The van der Waals surface area contributed by atoms with Gasteiger partial charge < -0.3 is 14.7 Å². The van der Waals surface area contributed by atoms with Gasteiger partial charge in [-0.3, -0.25) is 9.36 Å². The van der Waals surface area contributed by atoms with Gasteiger partial charge in [0.15, 0.2) is 4.80 Å². The van der Waals surface area contributed by atoms with E-state index in [0.717, 1.165) is 24.3 Å². The second kappa shape index (κ2) is 10.7. The monoisotopic (exact) mass is 525 g/mol. The third-order valence-electron chi connectivity index (χ3n) is 6.13. The fourth-order valence-electron chi connectivity index (χ4n) is 4.33. The van der Waals surface area contributed by atoms with Crippen LogP contribution in [0.3, 0.4) is 0 Å². The molecule has 4 rings (SSSR count). The van der Waals surface area contributed by atoms with Crippen LogP contribution in [0.5, 0.6) is 5.75 Å². The van der Waals surface area contributed by atoms with Crippen LogP contribution in [0.15, 0.2) is 63.5 Å². The molecule has 0 radical (unpaired) electrons. The molecule has 1 aliphatic heterocycles. The second-order valence-corrected chi connectivity index (χ2v) is 9.71. The molecule has 0 amide bonds. The maximum absolute atomic E-state index is 13.7. The van der Waals surface area contributed by atoms with Gasteiger partial charge in [-0.1, -0.05) is 35.1 Å². The van der Waals surface area contributed by atoms with Gasteiger partial charge in [-0.25, -0.2) is 9.79 Å². The quantitative estimate of drug-likeness (QED) is 0.471. The van der Waals surface area contributed by atoms with Gasteiger partial charge in [-0.2, -0.15) is 0 Å². The van der Waals surface area contributed by atoms with Crippen LogP contribution in [-0.4, -0.2) is 35.3 Å². The molecule has 3 aromatic rings. The number of rotatable bonds is 7. The number of phenolic OH excluding ortho intramolecular Hbond substituents is 1. The van der Waals surface area contributed by atoms with E-state index in [1.165, 1.54) is 15.9 Å². The van der Waals surface area contributed by atoms with Crippen molar-refractivity contribution in [2.75, 3.05) is 24.6 Å². The van der Waals surface area contributed by atoms with Crippen molar-refractivity contribution in [3.63, 3.8) is 0 Å². The van der Waals surface area contributed by atoms with Gasteiger partial charge in [0.05, 0.1) is 28.5 Å². The third kappa shape index (κ3) is 4.83. The molecule has 0 fully saturated rings. The molecule has 1 N–H and O–H groups in total. The van der Waals surface area contributed by atoms with Gasteiger partial charge in [0, 0.05) is 35.4 Å². The lowest BCUT2D eigenvalue weighted by Crippen LogP contribution is -2.39. The molecule has 0 unspecified atom stereocenters. The number of aromatic hydroxyl groups is 1. The SMILES string of the molecule is CCOC(=O)C1=C(C)N=c2s/c(=C\c3ccc(N(CC)CC)cc3O)c(=O)n2[C@H]1c1ccc(Cl)cc1. The number of carbonyl (C=O) groups excluding carboxylic acids is 1. The molecular formula is C27H28ClN3O4S. The molecule has 1 aromatic heterocycles. The van der Waals surface area contributed by atoms with Crippen molar-refractivity contribution in [1.29, 1.82) is 0 Å². The van der Waals surface area contributed by atoms with E-state index in [1.807, 2.05) is 6.07 Å². The van der Waals surface area contributed by atoms with Gasteiger partial charge >= 0.3 is 5.97 Å². The highest BCUT2D eigenvalue weighted by Gasteiger charge is 2.33. The number of aromatic nitrogens is 1. The van der Waals surface area contributed by atoms with E-state index >= 15 is 0 Å². The first-order valence-electron chi connectivity index (χ1n) is 11.8. The zero-order valence-electron chi connectivity index (χ0n) is 20.6. The Morgan fingerprint density at radius 1 is 1.19 bits per heavy atom. The molecule has 36 heavy (non-hydrogen) atoms. The summed E-state index contributed by atoms with van der Waals surface area (Å²) < 4.78 is 7.22. The van der Waals surface area contributed by atoms with Crippen LogP contribution >= 0.6 is 22.9 Å². The van der Waals surface area contributed by atoms with E-state index in [-0.39, 0.29) is 17.9 Å². The molecule has 7 nitrogen and oxygen atoms in total. The Hall–Kier alpha value is -3.36. The van der Waals surface area contributed by atoms with E-state index in [0.29, 0.717) is 31.2 Å². The first-order valence-corrected chi connectivity index (χ1v) is 13.0. The number of allylic oxidation sites excluding steroid dienone is 1. The summed E-state index contributed by atoms with van der Waals surface area (Å²) >= 11 is 7.31. The number of hydrogen-bond acceptors (Lipinski definition) is 7.